The van der Waals surface area contributed by atoms with Crippen molar-refractivity contribution in [1.82, 2.24) is 4.31 Å². The molecule has 2 rings (SSSR count). The monoisotopic (exact) mass is 379 g/mol. The summed E-state index contributed by atoms with van der Waals surface area (Å²) < 4.78 is 33.1. The average Bonchev–Trinajstić information content (AvgIpc) is 2.37. The van der Waals surface area contributed by atoms with Gasteiger partial charge in [0.05, 0.1) is 7.11 Å². The zero-order chi connectivity index (χ0) is 15.0. The summed E-state index contributed by atoms with van der Waals surface area (Å²) in [6.07, 6.45) is 0. The number of hydrogen-bond acceptors (Lipinski definition) is 4. The van der Waals surface area contributed by atoms with Crippen molar-refractivity contribution in [3.05, 3.63) is 22.7 Å². The first-order valence-electron chi connectivity index (χ1n) is 6.24. The van der Waals surface area contributed by atoms with Crippen LogP contribution in [-0.2, 0) is 10.0 Å². The van der Waals surface area contributed by atoms with Gasteiger partial charge in [0.1, 0.15) is 10.6 Å². The van der Waals surface area contributed by atoms with E-state index in [1.165, 1.54) is 7.11 Å². The average molecular weight is 380 g/mol. The molecule has 0 unspecified atom stereocenters. The number of thioether (sulfide) groups is 1. The van der Waals surface area contributed by atoms with Crippen molar-refractivity contribution in [2.24, 2.45) is 0 Å². The summed E-state index contributed by atoms with van der Waals surface area (Å²) in [6, 6.07) is 5.04. The molecule has 1 heterocycles. The van der Waals surface area contributed by atoms with Gasteiger partial charge in [0.2, 0.25) is 10.0 Å². The largest absolute Gasteiger partial charge is 0.495 e. The van der Waals surface area contributed by atoms with E-state index in [0.717, 1.165) is 10.2 Å². The number of hydrogen-bond donors (Lipinski definition) is 0. The molecule has 7 heteroatoms. The van der Waals surface area contributed by atoms with E-state index >= 15 is 0 Å². The summed E-state index contributed by atoms with van der Waals surface area (Å²) in [7, 11) is -2.05. The van der Waals surface area contributed by atoms with Gasteiger partial charge in [-0.15, -0.1) is 0 Å². The Labute approximate surface area is 133 Å². The van der Waals surface area contributed by atoms with Crippen molar-refractivity contribution in [2.75, 3.05) is 26.0 Å². The lowest BCUT2D eigenvalue weighted by atomic mass is 10.2. The molecule has 0 aliphatic carbocycles. The highest BCUT2D eigenvalue weighted by Crippen LogP contribution is 2.35. The summed E-state index contributed by atoms with van der Waals surface area (Å²) in [4.78, 5) is 0.220. The maximum atomic E-state index is 12.8. The second kappa shape index (κ2) is 5.87. The van der Waals surface area contributed by atoms with Crippen molar-refractivity contribution >= 4 is 37.7 Å². The normalized spacial score (nSPS) is 19.8. The summed E-state index contributed by atoms with van der Waals surface area (Å²) >= 11 is 5.12. The lowest BCUT2D eigenvalue weighted by molar-refractivity contribution is 0.376. The predicted octanol–water partition coefficient (Wildman–Crippen LogP) is 2.97. The van der Waals surface area contributed by atoms with Gasteiger partial charge in [0.25, 0.3) is 0 Å². The van der Waals surface area contributed by atoms with Crippen LogP contribution in [0.15, 0.2) is 27.6 Å². The first-order valence-corrected chi connectivity index (χ1v) is 9.46. The Balaban J connectivity index is 2.42. The van der Waals surface area contributed by atoms with Gasteiger partial charge in [-0.05, 0) is 32.0 Å². The van der Waals surface area contributed by atoms with E-state index in [2.05, 4.69) is 29.8 Å². The number of benzene rings is 1. The fraction of sp³-hybridized carbons (Fsp3) is 0.538. The molecule has 1 saturated heterocycles. The molecule has 112 valence electrons. The van der Waals surface area contributed by atoms with Crippen LogP contribution in [0.25, 0.3) is 0 Å². The van der Waals surface area contributed by atoms with E-state index < -0.39 is 10.0 Å². The van der Waals surface area contributed by atoms with Crippen LogP contribution in [0.1, 0.15) is 13.8 Å². The van der Waals surface area contributed by atoms with E-state index in [0.29, 0.717) is 18.8 Å². The molecule has 0 bridgehead atoms. The van der Waals surface area contributed by atoms with Crippen molar-refractivity contribution in [3.8, 4) is 5.75 Å². The molecule has 0 spiro atoms. The van der Waals surface area contributed by atoms with Crippen molar-refractivity contribution in [3.63, 3.8) is 0 Å². The molecule has 0 N–H and O–H groups in total. The lowest BCUT2D eigenvalue weighted by Gasteiger charge is -2.36. The van der Waals surface area contributed by atoms with E-state index in [1.807, 2.05) is 0 Å². The summed E-state index contributed by atoms with van der Waals surface area (Å²) in [5.41, 5.74) is 0. The number of methoxy groups -OCH3 is 1. The quantitative estimate of drug-likeness (QED) is 0.809. The molecule has 1 fully saturated rings. The highest BCUT2D eigenvalue weighted by atomic mass is 79.9. The molecule has 0 amide bonds. The van der Waals surface area contributed by atoms with Gasteiger partial charge in [-0.2, -0.15) is 16.1 Å². The van der Waals surface area contributed by atoms with Gasteiger partial charge in [0.15, 0.2) is 0 Å². The second-order valence-corrected chi connectivity index (χ2v) is 9.87. The van der Waals surface area contributed by atoms with Gasteiger partial charge in [-0.1, -0.05) is 15.9 Å². The molecule has 4 nitrogen and oxygen atoms in total. The van der Waals surface area contributed by atoms with Gasteiger partial charge in [0, 0.05) is 28.1 Å². The van der Waals surface area contributed by atoms with Crippen LogP contribution in [0.3, 0.4) is 0 Å². The Hall–Kier alpha value is -0.240. The van der Waals surface area contributed by atoms with Crippen LogP contribution in [-0.4, -0.2) is 43.4 Å². The molecule has 20 heavy (non-hydrogen) atoms. The molecule has 1 aromatic carbocycles. The zero-order valence-corrected chi connectivity index (χ0v) is 14.9. The van der Waals surface area contributed by atoms with Gasteiger partial charge in [-0.25, -0.2) is 8.42 Å². The van der Waals surface area contributed by atoms with Gasteiger partial charge in [-0.3, -0.25) is 0 Å². The highest BCUT2D eigenvalue weighted by Gasteiger charge is 2.36. The van der Waals surface area contributed by atoms with E-state index in [4.69, 9.17) is 4.74 Å². The number of ether oxygens (including phenoxy) is 1. The molecule has 0 atom stereocenters. The Bertz CT molecular complexity index is 602. The highest BCUT2D eigenvalue weighted by molar-refractivity contribution is 9.10. The maximum Gasteiger partial charge on any atom is 0.246 e. The third-order valence-electron chi connectivity index (χ3n) is 3.13. The predicted molar refractivity (Wildman–Crippen MR) is 86.0 cm³/mol. The fourth-order valence-corrected chi connectivity index (χ4v) is 5.77. The molecule has 1 aliphatic heterocycles. The van der Waals surface area contributed by atoms with E-state index in [1.54, 1.807) is 34.3 Å². The molecule has 1 aromatic rings. The maximum absolute atomic E-state index is 12.8. The second-order valence-electron chi connectivity index (χ2n) is 5.24. The van der Waals surface area contributed by atoms with Crippen LogP contribution in [0.2, 0.25) is 0 Å². The Morgan fingerprint density at radius 3 is 2.70 bits per heavy atom. The molecule has 1 aliphatic rings. The fourth-order valence-electron chi connectivity index (χ4n) is 2.17. The summed E-state index contributed by atoms with van der Waals surface area (Å²) in [5, 5.41) is 0. The number of halogens is 1. The minimum Gasteiger partial charge on any atom is -0.495 e. The van der Waals surface area contributed by atoms with Crippen molar-refractivity contribution in [2.45, 2.75) is 23.5 Å². The first-order chi connectivity index (χ1) is 9.26. The van der Waals surface area contributed by atoms with Crippen LogP contribution < -0.4 is 4.74 Å². The summed E-state index contributed by atoms with van der Waals surface area (Å²) in [5.74, 6) is 1.19. The Morgan fingerprint density at radius 2 is 2.10 bits per heavy atom. The van der Waals surface area contributed by atoms with Gasteiger partial charge < -0.3 is 4.74 Å². The van der Waals surface area contributed by atoms with Crippen LogP contribution in [0.4, 0.5) is 0 Å². The Kier molecular flexibility index (Phi) is 4.73. The minimum atomic E-state index is -3.53. The van der Waals surface area contributed by atoms with Crippen molar-refractivity contribution < 1.29 is 13.2 Å². The van der Waals surface area contributed by atoms with Crippen LogP contribution >= 0.6 is 27.7 Å². The molecule has 0 aromatic heterocycles. The van der Waals surface area contributed by atoms with E-state index in [-0.39, 0.29) is 9.64 Å². The van der Waals surface area contributed by atoms with Crippen LogP contribution in [0.5, 0.6) is 5.75 Å². The third kappa shape index (κ3) is 3.32. The Morgan fingerprint density at radius 1 is 1.40 bits per heavy atom. The lowest BCUT2D eigenvalue weighted by Crippen LogP contribution is -2.46. The standard InChI is InChI=1S/C13H18BrNO3S2/c1-13(2)9-15(6-7-19-13)20(16,17)12-8-10(14)4-5-11(12)18-3/h4-5,8H,6-7,9H2,1-3H3. The topological polar surface area (TPSA) is 46.6 Å². The zero-order valence-electron chi connectivity index (χ0n) is 11.7. The van der Waals surface area contributed by atoms with Gasteiger partial charge >= 0.3 is 0 Å². The number of sulfonamides is 1. The van der Waals surface area contributed by atoms with Crippen LogP contribution in [0, 0.1) is 0 Å². The minimum absolute atomic E-state index is 0.0649. The summed E-state index contributed by atoms with van der Waals surface area (Å²) in [6.45, 7) is 5.18. The molecular weight excluding hydrogens is 362 g/mol. The molecule has 0 saturated carbocycles. The first kappa shape index (κ1) is 16.1. The smallest absolute Gasteiger partial charge is 0.246 e. The molecular formula is C13H18BrNO3S2. The number of nitrogens with zero attached hydrogens (tertiary/aromatic N) is 1. The number of rotatable bonds is 3. The van der Waals surface area contributed by atoms with Crippen molar-refractivity contribution in [1.29, 1.82) is 0 Å². The van der Waals surface area contributed by atoms with E-state index in [9.17, 15) is 8.42 Å². The molecule has 0 radical (unpaired) electrons. The third-order valence-corrected chi connectivity index (χ3v) is 6.79. The SMILES string of the molecule is COc1ccc(Br)cc1S(=O)(=O)N1CCSC(C)(C)C1.